The Kier molecular flexibility index (Phi) is 5.51. The Morgan fingerprint density at radius 3 is 2.38 bits per heavy atom. The average Bonchev–Trinajstić information content (AvgIpc) is 3.35. The number of aromatic nitrogens is 4. The molecule has 0 aliphatic carbocycles. The van der Waals surface area contributed by atoms with Gasteiger partial charge in [0, 0.05) is 37.4 Å². The number of halogens is 3. The van der Waals surface area contributed by atoms with E-state index in [2.05, 4.69) is 10.3 Å². The van der Waals surface area contributed by atoms with Gasteiger partial charge in [-0.05, 0) is 47.2 Å². The molecule has 0 radical (unpaired) electrons. The van der Waals surface area contributed by atoms with E-state index in [1.165, 1.54) is 10.7 Å². The standard InChI is InChI=1S/C27H21F3N6O/c28-27(29,30)21-6-3-7-22(17-21)34-12-14-35(15-13-34)26(37)36-25-24(32-33-36)11-10-23(31-25)20-9-8-18-4-1-2-5-19(18)16-20/h1-11,16-17H,12-15H2. The maximum atomic E-state index is 13.3. The van der Waals surface area contributed by atoms with Crippen LogP contribution in [0.15, 0.2) is 78.9 Å². The van der Waals surface area contributed by atoms with Gasteiger partial charge in [0.1, 0.15) is 5.52 Å². The molecule has 1 saturated heterocycles. The molecule has 2 aromatic heterocycles. The number of anilines is 1. The van der Waals surface area contributed by atoms with Crippen molar-refractivity contribution in [3.63, 3.8) is 0 Å². The molecule has 1 aliphatic heterocycles. The first kappa shape index (κ1) is 23.0. The van der Waals surface area contributed by atoms with Crippen molar-refractivity contribution in [2.24, 2.45) is 0 Å². The van der Waals surface area contributed by atoms with Gasteiger partial charge in [-0.15, -0.1) is 9.78 Å². The van der Waals surface area contributed by atoms with Crippen molar-refractivity contribution in [3.05, 3.63) is 84.4 Å². The third-order valence-corrected chi connectivity index (χ3v) is 6.61. The summed E-state index contributed by atoms with van der Waals surface area (Å²) in [6, 6.07) is 22.6. The molecule has 0 saturated carbocycles. The van der Waals surface area contributed by atoms with Gasteiger partial charge in [0.25, 0.3) is 0 Å². The average molecular weight is 503 g/mol. The van der Waals surface area contributed by atoms with E-state index in [-0.39, 0.29) is 6.03 Å². The molecule has 1 fully saturated rings. The summed E-state index contributed by atoms with van der Waals surface area (Å²) in [7, 11) is 0. The molecule has 0 spiro atoms. The van der Waals surface area contributed by atoms with Crippen LogP contribution in [-0.4, -0.2) is 57.1 Å². The van der Waals surface area contributed by atoms with Crippen LogP contribution < -0.4 is 4.90 Å². The molecule has 37 heavy (non-hydrogen) atoms. The first-order valence-electron chi connectivity index (χ1n) is 11.8. The fourth-order valence-electron chi connectivity index (χ4n) is 4.62. The van der Waals surface area contributed by atoms with Crippen LogP contribution in [0.3, 0.4) is 0 Å². The van der Waals surface area contributed by atoms with Crippen molar-refractivity contribution in [2.45, 2.75) is 6.18 Å². The molecule has 3 aromatic carbocycles. The number of carbonyl (C=O) groups excluding carboxylic acids is 1. The van der Waals surface area contributed by atoms with E-state index in [1.807, 2.05) is 53.4 Å². The minimum atomic E-state index is -4.40. The van der Waals surface area contributed by atoms with Crippen molar-refractivity contribution in [1.82, 2.24) is 24.9 Å². The van der Waals surface area contributed by atoms with Crippen molar-refractivity contribution < 1.29 is 18.0 Å². The number of rotatable bonds is 2. The summed E-state index contributed by atoms with van der Waals surface area (Å²) in [5.74, 6) is 0. The second kappa shape index (κ2) is 8.88. The highest BCUT2D eigenvalue weighted by atomic mass is 19.4. The Morgan fingerprint density at radius 2 is 1.59 bits per heavy atom. The van der Waals surface area contributed by atoms with E-state index in [1.54, 1.807) is 17.0 Å². The number of pyridine rings is 1. The highest BCUT2D eigenvalue weighted by Gasteiger charge is 2.31. The summed E-state index contributed by atoms with van der Waals surface area (Å²) in [5, 5.41) is 10.4. The quantitative estimate of drug-likeness (QED) is 0.321. The minimum absolute atomic E-state index is 0.334. The molecule has 10 heteroatoms. The molecule has 6 rings (SSSR count). The first-order chi connectivity index (χ1) is 17.9. The van der Waals surface area contributed by atoms with Crippen LogP contribution in [0.4, 0.5) is 23.7 Å². The van der Waals surface area contributed by atoms with E-state index in [4.69, 9.17) is 4.98 Å². The largest absolute Gasteiger partial charge is 0.416 e. The third kappa shape index (κ3) is 4.35. The van der Waals surface area contributed by atoms with Gasteiger partial charge in [-0.2, -0.15) is 13.2 Å². The molecule has 0 atom stereocenters. The molecule has 3 heterocycles. The zero-order valence-corrected chi connectivity index (χ0v) is 19.6. The van der Waals surface area contributed by atoms with Gasteiger partial charge in [0.05, 0.1) is 11.3 Å². The van der Waals surface area contributed by atoms with Gasteiger partial charge in [-0.25, -0.2) is 9.78 Å². The van der Waals surface area contributed by atoms with E-state index < -0.39 is 11.7 Å². The van der Waals surface area contributed by atoms with E-state index in [0.717, 1.165) is 28.5 Å². The molecule has 1 amide bonds. The smallest absolute Gasteiger partial charge is 0.368 e. The van der Waals surface area contributed by atoms with Gasteiger partial charge < -0.3 is 9.80 Å². The SMILES string of the molecule is O=C(N1CCN(c2cccc(C(F)(F)F)c2)CC1)n1nnc2ccc(-c3ccc4ccccc4c3)nc21. The van der Waals surface area contributed by atoms with Gasteiger partial charge in [-0.1, -0.05) is 47.7 Å². The molecular formula is C27H21F3N6O. The fourth-order valence-corrected chi connectivity index (χ4v) is 4.62. The maximum absolute atomic E-state index is 13.3. The lowest BCUT2D eigenvalue weighted by Crippen LogP contribution is -2.50. The lowest BCUT2D eigenvalue weighted by Gasteiger charge is -2.35. The van der Waals surface area contributed by atoms with Gasteiger partial charge in [0.2, 0.25) is 0 Å². The lowest BCUT2D eigenvalue weighted by molar-refractivity contribution is -0.137. The molecule has 7 nitrogen and oxygen atoms in total. The first-order valence-corrected chi connectivity index (χ1v) is 11.8. The zero-order valence-electron chi connectivity index (χ0n) is 19.6. The Hall–Kier alpha value is -4.47. The fraction of sp³-hybridized carbons (Fsp3) is 0.185. The number of carbonyl (C=O) groups is 1. The number of piperazine rings is 1. The summed E-state index contributed by atoms with van der Waals surface area (Å²) < 4.78 is 40.5. The Bertz CT molecular complexity index is 1620. The Labute approximate surface area is 209 Å². The Morgan fingerprint density at radius 1 is 0.811 bits per heavy atom. The minimum Gasteiger partial charge on any atom is -0.368 e. The van der Waals surface area contributed by atoms with Gasteiger partial charge in [0.15, 0.2) is 5.65 Å². The number of fused-ring (bicyclic) bond motifs is 2. The molecule has 1 aliphatic rings. The normalized spacial score (nSPS) is 14.5. The topological polar surface area (TPSA) is 67.2 Å². The monoisotopic (exact) mass is 502 g/mol. The third-order valence-electron chi connectivity index (χ3n) is 6.61. The molecule has 0 unspecified atom stereocenters. The summed E-state index contributed by atoms with van der Waals surface area (Å²) in [4.78, 5) is 21.5. The van der Waals surface area contributed by atoms with Crippen molar-refractivity contribution in [3.8, 4) is 11.3 Å². The van der Waals surface area contributed by atoms with E-state index in [0.29, 0.717) is 48.7 Å². The van der Waals surface area contributed by atoms with Crippen molar-refractivity contribution >= 4 is 33.7 Å². The van der Waals surface area contributed by atoms with Crippen LogP contribution in [-0.2, 0) is 6.18 Å². The summed E-state index contributed by atoms with van der Waals surface area (Å²) >= 11 is 0. The Balaban J connectivity index is 1.22. The summed E-state index contributed by atoms with van der Waals surface area (Å²) in [6.07, 6.45) is -4.40. The molecule has 186 valence electrons. The zero-order chi connectivity index (χ0) is 25.6. The summed E-state index contributed by atoms with van der Waals surface area (Å²) in [5.41, 5.74) is 2.26. The highest BCUT2D eigenvalue weighted by Crippen LogP contribution is 2.32. The van der Waals surface area contributed by atoms with Crippen LogP contribution in [0.25, 0.3) is 33.2 Å². The predicted octanol–water partition coefficient (Wildman–Crippen LogP) is 5.46. The van der Waals surface area contributed by atoms with E-state index >= 15 is 0 Å². The maximum Gasteiger partial charge on any atom is 0.416 e. The lowest BCUT2D eigenvalue weighted by atomic mass is 10.0. The van der Waals surface area contributed by atoms with Crippen molar-refractivity contribution in [1.29, 1.82) is 0 Å². The molecule has 0 bridgehead atoms. The number of hydrogen-bond acceptors (Lipinski definition) is 5. The number of amides is 1. The van der Waals surface area contributed by atoms with Gasteiger partial charge >= 0.3 is 12.2 Å². The van der Waals surface area contributed by atoms with E-state index in [9.17, 15) is 18.0 Å². The highest BCUT2D eigenvalue weighted by molar-refractivity contribution is 5.89. The van der Waals surface area contributed by atoms with Crippen LogP contribution in [0, 0.1) is 0 Å². The van der Waals surface area contributed by atoms with Crippen molar-refractivity contribution in [2.75, 3.05) is 31.1 Å². The molecule has 0 N–H and O–H groups in total. The van der Waals surface area contributed by atoms with Crippen LogP contribution in [0.5, 0.6) is 0 Å². The number of nitrogens with zero attached hydrogens (tertiary/aromatic N) is 6. The molecular weight excluding hydrogens is 481 g/mol. The second-order valence-electron chi connectivity index (χ2n) is 8.91. The predicted molar refractivity (Wildman–Crippen MR) is 134 cm³/mol. The van der Waals surface area contributed by atoms with Crippen LogP contribution >= 0.6 is 0 Å². The van der Waals surface area contributed by atoms with Gasteiger partial charge in [-0.3, -0.25) is 0 Å². The number of benzene rings is 3. The number of hydrogen-bond donors (Lipinski definition) is 0. The van der Waals surface area contributed by atoms with Crippen LogP contribution in [0.1, 0.15) is 5.56 Å². The second-order valence-corrected chi connectivity index (χ2v) is 8.91. The summed E-state index contributed by atoms with van der Waals surface area (Å²) in [6.45, 7) is 1.46. The van der Waals surface area contributed by atoms with Crippen LogP contribution in [0.2, 0.25) is 0 Å². The number of alkyl halides is 3. The molecule has 5 aromatic rings.